The van der Waals surface area contributed by atoms with E-state index in [0.717, 1.165) is 16.1 Å². The van der Waals surface area contributed by atoms with Crippen molar-refractivity contribution < 1.29 is 4.39 Å². The maximum Gasteiger partial charge on any atom is 0.123 e. The van der Waals surface area contributed by atoms with E-state index in [2.05, 4.69) is 30.2 Å². The molecule has 2 unspecified atom stereocenters. The summed E-state index contributed by atoms with van der Waals surface area (Å²) in [6, 6.07) is 15.1. The molecule has 0 aliphatic heterocycles. The Balaban J connectivity index is 1.75. The Morgan fingerprint density at radius 2 is 1.71 bits per heavy atom. The van der Waals surface area contributed by atoms with E-state index >= 15 is 0 Å². The van der Waals surface area contributed by atoms with Gasteiger partial charge in [0, 0.05) is 6.04 Å². The van der Waals surface area contributed by atoms with Crippen LogP contribution in [0.3, 0.4) is 0 Å². The standard InChI is InChI=1S/C17H17FN2S/c1-11(13-7-9-14(18)10-8-13)19-12(2)17-20-15-5-3-4-6-16(15)21-17/h3-12,19H,1-2H3. The molecule has 1 N–H and O–H groups in total. The number of para-hydroxylation sites is 1. The van der Waals surface area contributed by atoms with Gasteiger partial charge in [-0.1, -0.05) is 24.3 Å². The molecule has 3 aromatic rings. The SMILES string of the molecule is CC(NC(C)c1nc2ccccc2s1)c1ccc(F)cc1. The first-order chi connectivity index (χ1) is 10.1. The van der Waals surface area contributed by atoms with Crippen LogP contribution in [0.1, 0.15) is 36.5 Å². The summed E-state index contributed by atoms with van der Waals surface area (Å²) in [5.74, 6) is -0.204. The van der Waals surface area contributed by atoms with E-state index in [1.54, 1.807) is 11.3 Å². The van der Waals surface area contributed by atoms with Crippen molar-refractivity contribution in [2.75, 3.05) is 0 Å². The predicted octanol–water partition coefficient (Wildman–Crippen LogP) is 4.85. The highest BCUT2D eigenvalue weighted by atomic mass is 32.1. The summed E-state index contributed by atoms with van der Waals surface area (Å²) in [6.07, 6.45) is 0. The molecular weight excluding hydrogens is 283 g/mol. The molecule has 0 saturated carbocycles. The largest absolute Gasteiger partial charge is 0.302 e. The van der Waals surface area contributed by atoms with E-state index in [-0.39, 0.29) is 17.9 Å². The van der Waals surface area contributed by atoms with Crippen molar-refractivity contribution in [1.29, 1.82) is 0 Å². The summed E-state index contributed by atoms with van der Waals surface area (Å²) in [5.41, 5.74) is 2.12. The summed E-state index contributed by atoms with van der Waals surface area (Å²) in [4.78, 5) is 4.67. The minimum Gasteiger partial charge on any atom is -0.302 e. The predicted molar refractivity (Wildman–Crippen MR) is 86.0 cm³/mol. The number of fused-ring (bicyclic) bond motifs is 1. The van der Waals surface area contributed by atoms with Gasteiger partial charge in [0.05, 0.1) is 16.3 Å². The smallest absolute Gasteiger partial charge is 0.123 e. The highest BCUT2D eigenvalue weighted by Crippen LogP contribution is 2.27. The lowest BCUT2D eigenvalue weighted by Crippen LogP contribution is -2.22. The molecule has 2 nitrogen and oxygen atoms in total. The van der Waals surface area contributed by atoms with Gasteiger partial charge in [-0.3, -0.25) is 0 Å². The molecule has 0 saturated heterocycles. The number of aromatic nitrogens is 1. The zero-order chi connectivity index (χ0) is 14.8. The summed E-state index contributed by atoms with van der Waals surface area (Å²) >= 11 is 1.71. The number of benzene rings is 2. The number of halogens is 1. The van der Waals surface area contributed by atoms with Crippen molar-refractivity contribution in [2.45, 2.75) is 25.9 Å². The first kappa shape index (κ1) is 14.2. The Morgan fingerprint density at radius 3 is 2.43 bits per heavy atom. The van der Waals surface area contributed by atoms with Crippen molar-refractivity contribution >= 4 is 21.6 Å². The minimum atomic E-state index is -0.204. The van der Waals surface area contributed by atoms with Crippen molar-refractivity contribution in [3.8, 4) is 0 Å². The molecule has 1 heterocycles. The summed E-state index contributed by atoms with van der Waals surface area (Å²) < 4.78 is 14.2. The van der Waals surface area contributed by atoms with E-state index in [1.807, 2.05) is 30.3 Å². The first-order valence-electron chi connectivity index (χ1n) is 7.00. The van der Waals surface area contributed by atoms with Crippen molar-refractivity contribution in [3.63, 3.8) is 0 Å². The fourth-order valence-corrected chi connectivity index (χ4v) is 3.35. The molecule has 1 aromatic heterocycles. The molecule has 0 radical (unpaired) electrons. The molecule has 3 rings (SSSR count). The van der Waals surface area contributed by atoms with E-state index < -0.39 is 0 Å². The number of thiazole rings is 1. The third-order valence-electron chi connectivity index (χ3n) is 3.55. The Bertz CT molecular complexity index is 703. The van der Waals surface area contributed by atoms with Crippen LogP contribution in [0, 0.1) is 5.82 Å². The monoisotopic (exact) mass is 300 g/mol. The van der Waals surface area contributed by atoms with Crippen LogP contribution < -0.4 is 5.32 Å². The molecule has 21 heavy (non-hydrogen) atoms. The van der Waals surface area contributed by atoms with Gasteiger partial charge in [0.25, 0.3) is 0 Å². The molecule has 0 aliphatic rings. The van der Waals surface area contributed by atoms with Crippen LogP contribution in [-0.2, 0) is 0 Å². The van der Waals surface area contributed by atoms with Gasteiger partial charge in [-0.15, -0.1) is 11.3 Å². The molecule has 2 aromatic carbocycles. The van der Waals surface area contributed by atoms with Crippen molar-refractivity contribution in [3.05, 3.63) is 64.9 Å². The Kier molecular flexibility index (Phi) is 3.99. The lowest BCUT2D eigenvalue weighted by Gasteiger charge is -2.18. The Hall–Kier alpha value is -1.78. The molecule has 108 valence electrons. The zero-order valence-electron chi connectivity index (χ0n) is 12.0. The van der Waals surface area contributed by atoms with E-state index in [0.29, 0.717) is 0 Å². The molecule has 2 atom stereocenters. The molecule has 0 aliphatic carbocycles. The van der Waals surface area contributed by atoms with E-state index in [9.17, 15) is 4.39 Å². The lowest BCUT2D eigenvalue weighted by molar-refractivity contribution is 0.493. The van der Waals surface area contributed by atoms with Gasteiger partial charge in [-0.2, -0.15) is 0 Å². The van der Waals surface area contributed by atoms with E-state index in [4.69, 9.17) is 0 Å². The zero-order valence-corrected chi connectivity index (χ0v) is 12.8. The second-order valence-electron chi connectivity index (χ2n) is 5.18. The van der Waals surface area contributed by atoms with Gasteiger partial charge in [0.1, 0.15) is 10.8 Å². The van der Waals surface area contributed by atoms with Crippen LogP contribution in [0.5, 0.6) is 0 Å². The highest BCUT2D eigenvalue weighted by Gasteiger charge is 2.14. The molecule has 0 fully saturated rings. The quantitative estimate of drug-likeness (QED) is 0.745. The molecule has 0 spiro atoms. The fourth-order valence-electron chi connectivity index (χ4n) is 2.37. The van der Waals surface area contributed by atoms with Gasteiger partial charge in [0.2, 0.25) is 0 Å². The minimum absolute atomic E-state index is 0.146. The fraction of sp³-hybridized carbons (Fsp3) is 0.235. The number of nitrogens with one attached hydrogen (secondary N) is 1. The van der Waals surface area contributed by atoms with Gasteiger partial charge in [-0.25, -0.2) is 9.37 Å². The molecule has 4 heteroatoms. The summed E-state index contributed by atoms with van der Waals surface area (Å²) in [7, 11) is 0. The Morgan fingerprint density at radius 1 is 1.00 bits per heavy atom. The number of hydrogen-bond acceptors (Lipinski definition) is 3. The molecule has 0 bridgehead atoms. The summed E-state index contributed by atoms with van der Waals surface area (Å²) in [5, 5.41) is 4.59. The second kappa shape index (κ2) is 5.92. The van der Waals surface area contributed by atoms with Gasteiger partial charge in [0.15, 0.2) is 0 Å². The summed E-state index contributed by atoms with van der Waals surface area (Å²) in [6.45, 7) is 4.19. The lowest BCUT2D eigenvalue weighted by atomic mass is 10.1. The maximum atomic E-state index is 13.0. The second-order valence-corrected chi connectivity index (χ2v) is 6.24. The molecule has 0 amide bonds. The van der Waals surface area contributed by atoms with Crippen LogP contribution in [-0.4, -0.2) is 4.98 Å². The van der Waals surface area contributed by atoms with Crippen molar-refractivity contribution in [2.24, 2.45) is 0 Å². The topological polar surface area (TPSA) is 24.9 Å². The van der Waals surface area contributed by atoms with Gasteiger partial charge >= 0.3 is 0 Å². The first-order valence-corrected chi connectivity index (χ1v) is 7.82. The average Bonchev–Trinajstić information content (AvgIpc) is 2.92. The van der Waals surface area contributed by atoms with Crippen LogP contribution in [0.15, 0.2) is 48.5 Å². The normalized spacial score (nSPS) is 14.2. The van der Waals surface area contributed by atoms with Crippen molar-refractivity contribution in [1.82, 2.24) is 10.3 Å². The van der Waals surface area contributed by atoms with Gasteiger partial charge < -0.3 is 5.32 Å². The third kappa shape index (κ3) is 3.12. The van der Waals surface area contributed by atoms with Crippen LogP contribution in [0.4, 0.5) is 4.39 Å². The van der Waals surface area contributed by atoms with Gasteiger partial charge in [-0.05, 0) is 43.7 Å². The third-order valence-corrected chi connectivity index (χ3v) is 4.77. The van der Waals surface area contributed by atoms with E-state index in [1.165, 1.54) is 16.8 Å². The van der Waals surface area contributed by atoms with Crippen LogP contribution in [0.25, 0.3) is 10.2 Å². The number of rotatable bonds is 4. The maximum absolute atomic E-state index is 13.0. The molecular formula is C17H17FN2S. The van der Waals surface area contributed by atoms with Crippen LogP contribution >= 0.6 is 11.3 Å². The highest BCUT2D eigenvalue weighted by molar-refractivity contribution is 7.18. The Labute approximate surface area is 127 Å². The number of nitrogens with zero attached hydrogens (tertiary/aromatic N) is 1. The average molecular weight is 300 g/mol. The van der Waals surface area contributed by atoms with Crippen LogP contribution in [0.2, 0.25) is 0 Å². The number of hydrogen-bond donors (Lipinski definition) is 1.